The fraction of sp³-hybridized carbons (Fsp3) is 0.343. The Hall–Kier alpha value is -4.41. The number of nitrogens with zero attached hydrogens (tertiary/aromatic N) is 6. The van der Waals surface area contributed by atoms with E-state index in [1.54, 1.807) is 34.6 Å². The van der Waals surface area contributed by atoms with Crippen molar-refractivity contribution in [3.05, 3.63) is 87.7 Å². The molecule has 3 aromatic carbocycles. The van der Waals surface area contributed by atoms with Crippen molar-refractivity contribution in [2.24, 2.45) is 14.1 Å². The molecule has 0 unspecified atom stereocenters. The maximum absolute atomic E-state index is 13.2. The number of imidazole rings is 2. The van der Waals surface area contributed by atoms with Crippen molar-refractivity contribution in [1.29, 1.82) is 0 Å². The number of hydrogen-bond donors (Lipinski definition) is 1. The van der Waals surface area contributed by atoms with Crippen LogP contribution in [0.3, 0.4) is 0 Å². The Kier molecular flexibility index (Phi) is 6.72. The number of anilines is 1. The van der Waals surface area contributed by atoms with E-state index in [9.17, 15) is 9.90 Å². The predicted octanol–water partition coefficient (Wildman–Crippen LogP) is 6.10. The Bertz CT molecular complexity index is 2140. The van der Waals surface area contributed by atoms with E-state index in [-0.39, 0.29) is 11.1 Å². The standard InChI is InChI=1S/C35H38N6O3S/c1-21-36-17-30(45-21)24-15-25-26(16-29(24)44-18-22-11-9-8-10-12-22)41(32(37-25)34(2,3)4)23-13-27-31(39(7)33(42)38(27)6)28(14-23)40-19-35(5,43)20-40/h8-17,43H,18-20H2,1-7H3. The average Bonchev–Trinajstić information content (AvgIpc) is 3.65. The fourth-order valence-corrected chi connectivity index (χ4v) is 7.13. The van der Waals surface area contributed by atoms with Crippen LogP contribution < -0.4 is 15.3 Å². The molecule has 1 aliphatic rings. The molecule has 0 spiro atoms. The van der Waals surface area contributed by atoms with Crippen molar-refractivity contribution in [3.63, 3.8) is 0 Å². The van der Waals surface area contributed by atoms with Crippen LogP contribution in [0.2, 0.25) is 0 Å². The zero-order chi connectivity index (χ0) is 31.8. The molecule has 0 amide bonds. The van der Waals surface area contributed by atoms with Crippen molar-refractivity contribution in [1.82, 2.24) is 23.7 Å². The van der Waals surface area contributed by atoms with Crippen LogP contribution in [-0.2, 0) is 26.1 Å². The second-order valence-electron chi connectivity index (χ2n) is 13.5. The third-order valence-electron chi connectivity index (χ3n) is 8.54. The van der Waals surface area contributed by atoms with Crippen LogP contribution in [0, 0.1) is 6.92 Å². The molecule has 0 radical (unpaired) electrons. The summed E-state index contributed by atoms with van der Waals surface area (Å²) < 4.78 is 12.1. The molecule has 10 heteroatoms. The third kappa shape index (κ3) is 5.02. The highest BCUT2D eigenvalue weighted by molar-refractivity contribution is 7.15. The van der Waals surface area contributed by atoms with Gasteiger partial charge in [-0.2, -0.15) is 0 Å². The molecule has 7 rings (SSSR count). The first-order chi connectivity index (χ1) is 21.3. The summed E-state index contributed by atoms with van der Waals surface area (Å²) in [6, 6.07) is 18.5. The molecule has 1 fully saturated rings. The molecule has 9 nitrogen and oxygen atoms in total. The van der Waals surface area contributed by atoms with Gasteiger partial charge in [0.05, 0.1) is 48.9 Å². The number of rotatable bonds is 6. The van der Waals surface area contributed by atoms with Gasteiger partial charge in [-0.3, -0.25) is 13.7 Å². The van der Waals surface area contributed by atoms with E-state index in [1.807, 2.05) is 38.2 Å². The number of aryl methyl sites for hydroxylation is 3. The van der Waals surface area contributed by atoms with E-state index in [4.69, 9.17) is 9.72 Å². The number of fused-ring (bicyclic) bond motifs is 2. The van der Waals surface area contributed by atoms with Gasteiger partial charge in [0.1, 0.15) is 18.2 Å². The smallest absolute Gasteiger partial charge is 0.328 e. The summed E-state index contributed by atoms with van der Waals surface area (Å²) >= 11 is 1.63. The fourth-order valence-electron chi connectivity index (χ4n) is 6.33. The second kappa shape index (κ2) is 10.3. The predicted molar refractivity (Wildman–Crippen MR) is 181 cm³/mol. The highest BCUT2D eigenvalue weighted by Gasteiger charge is 2.38. The zero-order valence-electron chi connectivity index (χ0n) is 26.8. The lowest BCUT2D eigenvalue weighted by Crippen LogP contribution is -2.60. The SMILES string of the molecule is Cc1ncc(-c2cc3nc(C(C)(C)C)n(-c4cc(N5CC(C)(O)C5)c5c(c4)n(C)c(=O)n5C)c3cc2OCc2ccccc2)s1. The van der Waals surface area contributed by atoms with E-state index < -0.39 is 5.60 Å². The van der Waals surface area contributed by atoms with Gasteiger partial charge in [0, 0.05) is 50.4 Å². The summed E-state index contributed by atoms with van der Waals surface area (Å²) in [6.45, 7) is 11.7. The van der Waals surface area contributed by atoms with Gasteiger partial charge < -0.3 is 14.7 Å². The van der Waals surface area contributed by atoms with Gasteiger partial charge in [-0.15, -0.1) is 11.3 Å². The van der Waals surface area contributed by atoms with Gasteiger partial charge in [0.15, 0.2) is 0 Å². The minimum Gasteiger partial charge on any atom is -0.488 e. The number of thiazole rings is 1. The van der Waals surface area contributed by atoms with Gasteiger partial charge in [-0.1, -0.05) is 51.1 Å². The number of aromatic nitrogens is 5. The van der Waals surface area contributed by atoms with Gasteiger partial charge in [-0.25, -0.2) is 14.8 Å². The summed E-state index contributed by atoms with van der Waals surface area (Å²) in [7, 11) is 3.61. The molecular formula is C35H38N6O3S. The number of ether oxygens (including phenoxy) is 1. The summed E-state index contributed by atoms with van der Waals surface area (Å²) in [6.07, 6.45) is 1.90. The molecule has 0 aliphatic carbocycles. The van der Waals surface area contributed by atoms with Crippen molar-refractivity contribution in [2.45, 2.75) is 52.2 Å². The molecule has 1 saturated heterocycles. The molecule has 6 aromatic rings. The summed E-state index contributed by atoms with van der Waals surface area (Å²) in [5.41, 5.74) is 6.10. The maximum Gasteiger partial charge on any atom is 0.328 e. The highest BCUT2D eigenvalue weighted by Crippen LogP contribution is 2.42. The van der Waals surface area contributed by atoms with Gasteiger partial charge >= 0.3 is 5.69 Å². The molecule has 0 saturated carbocycles. The third-order valence-corrected chi connectivity index (χ3v) is 9.48. The Morgan fingerprint density at radius 2 is 1.76 bits per heavy atom. The number of benzene rings is 3. The van der Waals surface area contributed by atoms with Crippen LogP contribution in [0.4, 0.5) is 5.69 Å². The van der Waals surface area contributed by atoms with Gasteiger partial charge in [0.2, 0.25) is 0 Å². The zero-order valence-corrected chi connectivity index (χ0v) is 27.6. The summed E-state index contributed by atoms with van der Waals surface area (Å²) in [5, 5.41) is 11.6. The first kappa shape index (κ1) is 29.3. The van der Waals surface area contributed by atoms with Crippen LogP contribution in [0.1, 0.15) is 44.1 Å². The topological polar surface area (TPSA) is 90.3 Å². The normalized spacial score (nSPS) is 14.8. The maximum atomic E-state index is 13.2. The molecule has 0 atom stereocenters. The van der Waals surface area contributed by atoms with Crippen molar-refractivity contribution in [2.75, 3.05) is 18.0 Å². The average molecular weight is 623 g/mol. The van der Waals surface area contributed by atoms with Crippen LogP contribution >= 0.6 is 11.3 Å². The monoisotopic (exact) mass is 622 g/mol. The van der Waals surface area contributed by atoms with Crippen LogP contribution in [0.15, 0.2) is 65.6 Å². The van der Waals surface area contributed by atoms with E-state index in [1.165, 1.54) is 0 Å². The molecular weight excluding hydrogens is 584 g/mol. The minimum atomic E-state index is -0.773. The largest absolute Gasteiger partial charge is 0.488 e. The van der Waals surface area contributed by atoms with E-state index in [0.29, 0.717) is 19.7 Å². The Labute approximate surface area is 266 Å². The van der Waals surface area contributed by atoms with Gasteiger partial charge in [-0.05, 0) is 37.6 Å². The number of hydrogen-bond acceptors (Lipinski definition) is 7. The quantitative estimate of drug-likeness (QED) is 0.242. The van der Waals surface area contributed by atoms with Crippen LogP contribution in [0.5, 0.6) is 5.75 Å². The molecule has 1 aliphatic heterocycles. The van der Waals surface area contributed by atoms with E-state index >= 15 is 0 Å². The Balaban J connectivity index is 1.48. The van der Waals surface area contributed by atoms with Crippen molar-refractivity contribution < 1.29 is 9.84 Å². The summed E-state index contributed by atoms with van der Waals surface area (Å²) in [5.74, 6) is 1.65. The minimum absolute atomic E-state index is 0.0942. The number of aliphatic hydroxyl groups is 1. The number of β-amino-alcohol motifs (C(OH)–C–C–N with tert-alkyl or cyclic N) is 1. The lowest BCUT2D eigenvalue weighted by atomic mass is 9.95. The van der Waals surface area contributed by atoms with Crippen LogP contribution in [-0.4, -0.2) is 47.5 Å². The van der Waals surface area contributed by atoms with E-state index in [0.717, 1.165) is 66.0 Å². The lowest BCUT2D eigenvalue weighted by molar-refractivity contribution is 0.0312. The Morgan fingerprint density at radius 1 is 1.02 bits per heavy atom. The molecule has 0 bridgehead atoms. The Morgan fingerprint density at radius 3 is 2.40 bits per heavy atom. The first-order valence-electron chi connectivity index (χ1n) is 15.1. The van der Waals surface area contributed by atoms with Crippen LogP contribution in [0.25, 0.3) is 38.2 Å². The summed E-state index contributed by atoms with van der Waals surface area (Å²) in [4.78, 5) is 26.1. The van der Waals surface area contributed by atoms with Crippen molar-refractivity contribution in [3.8, 4) is 21.9 Å². The lowest BCUT2D eigenvalue weighted by Gasteiger charge is -2.46. The second-order valence-corrected chi connectivity index (χ2v) is 14.7. The molecule has 232 valence electrons. The molecule has 3 aromatic heterocycles. The van der Waals surface area contributed by atoms with E-state index in [2.05, 4.69) is 71.6 Å². The van der Waals surface area contributed by atoms with Gasteiger partial charge in [0.25, 0.3) is 0 Å². The molecule has 1 N–H and O–H groups in total. The first-order valence-corrected chi connectivity index (χ1v) is 16.0. The highest BCUT2D eigenvalue weighted by atomic mass is 32.1. The molecule has 45 heavy (non-hydrogen) atoms. The molecule has 4 heterocycles. The van der Waals surface area contributed by atoms with Crippen molar-refractivity contribution >= 4 is 39.1 Å².